The Labute approximate surface area is 96.6 Å². The molecule has 1 heteroatoms. The molecular weight excluding hydrogens is 184 g/mol. The van der Waals surface area contributed by atoms with Crippen molar-refractivity contribution >= 4 is 0 Å². The summed E-state index contributed by atoms with van der Waals surface area (Å²) in [5, 5.41) is 0. The van der Waals surface area contributed by atoms with Gasteiger partial charge < -0.3 is 4.74 Å². The summed E-state index contributed by atoms with van der Waals surface area (Å²) in [6, 6.07) is 0. The highest BCUT2D eigenvalue weighted by Crippen LogP contribution is 2.07. The summed E-state index contributed by atoms with van der Waals surface area (Å²) in [5.41, 5.74) is 0. The molecule has 0 saturated carbocycles. The lowest BCUT2D eigenvalue weighted by Crippen LogP contribution is -1.77. The van der Waals surface area contributed by atoms with Crippen LogP contribution in [-0.4, -0.2) is 13.2 Å². The molecule has 0 aromatic carbocycles. The molecule has 0 amide bonds. The summed E-state index contributed by atoms with van der Waals surface area (Å²) >= 11 is 0. The quantitative estimate of drug-likeness (QED) is 0.545. The molecule has 1 heterocycles. The second-order valence-corrected chi connectivity index (χ2v) is 4.44. The number of hydrogen-bond acceptors (Lipinski definition) is 1. The molecule has 0 aromatic rings. The summed E-state index contributed by atoms with van der Waals surface area (Å²) in [5.74, 6) is 0. The Morgan fingerprint density at radius 1 is 0.667 bits per heavy atom. The van der Waals surface area contributed by atoms with E-state index in [1.54, 1.807) is 0 Å². The molecule has 0 atom stereocenters. The van der Waals surface area contributed by atoms with Crippen LogP contribution in [0.15, 0.2) is 0 Å². The molecule has 1 rings (SSSR count). The van der Waals surface area contributed by atoms with Crippen molar-refractivity contribution in [3.63, 3.8) is 0 Å². The molecule has 0 bridgehead atoms. The van der Waals surface area contributed by atoms with Gasteiger partial charge in [0.1, 0.15) is 0 Å². The molecule has 0 spiro atoms. The number of unbranched alkanes of at least 4 members (excludes halogenated alkanes) is 7. The van der Waals surface area contributed by atoms with E-state index in [2.05, 4.69) is 13.8 Å². The minimum atomic E-state index is 1.00. The Morgan fingerprint density at radius 3 is 1.33 bits per heavy atom. The van der Waals surface area contributed by atoms with E-state index >= 15 is 0 Å². The van der Waals surface area contributed by atoms with Crippen LogP contribution in [0.4, 0.5) is 0 Å². The summed E-state index contributed by atoms with van der Waals surface area (Å²) in [6.45, 7) is 6.54. The molecule has 0 aliphatic carbocycles. The van der Waals surface area contributed by atoms with E-state index in [-0.39, 0.29) is 0 Å². The monoisotopic (exact) mass is 214 g/mol. The van der Waals surface area contributed by atoms with Crippen molar-refractivity contribution in [1.82, 2.24) is 0 Å². The van der Waals surface area contributed by atoms with Gasteiger partial charge in [-0.05, 0) is 12.8 Å². The molecule has 92 valence electrons. The zero-order valence-corrected chi connectivity index (χ0v) is 10.9. The molecule has 1 saturated heterocycles. The van der Waals surface area contributed by atoms with Crippen LogP contribution in [0.25, 0.3) is 0 Å². The van der Waals surface area contributed by atoms with Gasteiger partial charge in [-0.2, -0.15) is 0 Å². The minimum Gasteiger partial charge on any atom is -0.381 e. The van der Waals surface area contributed by atoms with E-state index in [1.807, 2.05) is 0 Å². The van der Waals surface area contributed by atoms with Crippen molar-refractivity contribution in [1.29, 1.82) is 0 Å². The molecule has 0 radical (unpaired) electrons. The summed E-state index contributed by atoms with van der Waals surface area (Å²) in [6.07, 6.45) is 14.0. The molecule has 0 aromatic heterocycles. The van der Waals surface area contributed by atoms with Crippen LogP contribution in [0.3, 0.4) is 0 Å². The Morgan fingerprint density at radius 2 is 1.07 bits per heavy atom. The Hall–Kier alpha value is -0.0400. The Bertz CT molecular complexity index is 81.9. The maximum Gasteiger partial charge on any atom is 0.0466 e. The third-order valence-corrected chi connectivity index (χ3v) is 2.78. The lowest BCUT2D eigenvalue weighted by Gasteiger charge is -1.97. The number of ether oxygens (including phenoxy) is 1. The fourth-order valence-corrected chi connectivity index (χ4v) is 1.72. The average Bonchev–Trinajstić information content (AvgIpc) is 2.82. The SMILES string of the molecule is C1CCOC1.CCCCCCCCCC. The van der Waals surface area contributed by atoms with E-state index in [0.717, 1.165) is 13.2 Å². The molecular formula is C14H30O. The van der Waals surface area contributed by atoms with E-state index in [9.17, 15) is 0 Å². The van der Waals surface area contributed by atoms with E-state index in [1.165, 1.54) is 64.2 Å². The first kappa shape index (κ1) is 15.0. The van der Waals surface area contributed by atoms with E-state index in [0.29, 0.717) is 0 Å². The lowest BCUT2D eigenvalue weighted by molar-refractivity contribution is 0.198. The van der Waals surface area contributed by atoms with Gasteiger partial charge in [0.25, 0.3) is 0 Å². The molecule has 1 aliphatic heterocycles. The Balaban J connectivity index is 0.000000322. The van der Waals surface area contributed by atoms with Gasteiger partial charge in [-0.3, -0.25) is 0 Å². The maximum atomic E-state index is 4.94. The zero-order valence-electron chi connectivity index (χ0n) is 10.9. The summed E-state index contributed by atoms with van der Waals surface area (Å²) in [4.78, 5) is 0. The molecule has 1 aliphatic rings. The van der Waals surface area contributed by atoms with Crippen LogP contribution in [0.5, 0.6) is 0 Å². The van der Waals surface area contributed by atoms with Crippen LogP contribution in [0, 0.1) is 0 Å². The van der Waals surface area contributed by atoms with Gasteiger partial charge in [-0.1, -0.05) is 65.2 Å². The van der Waals surface area contributed by atoms with Gasteiger partial charge in [0, 0.05) is 13.2 Å². The van der Waals surface area contributed by atoms with Crippen LogP contribution in [-0.2, 0) is 4.74 Å². The highest BCUT2D eigenvalue weighted by atomic mass is 16.5. The zero-order chi connectivity index (χ0) is 11.2. The second kappa shape index (κ2) is 14.0. The van der Waals surface area contributed by atoms with Gasteiger partial charge in [0.2, 0.25) is 0 Å². The first-order chi connectivity index (χ1) is 7.41. The molecule has 0 unspecified atom stereocenters. The van der Waals surface area contributed by atoms with Gasteiger partial charge in [-0.25, -0.2) is 0 Å². The largest absolute Gasteiger partial charge is 0.381 e. The first-order valence-corrected chi connectivity index (χ1v) is 6.99. The van der Waals surface area contributed by atoms with Crippen molar-refractivity contribution in [3.05, 3.63) is 0 Å². The third kappa shape index (κ3) is 14.0. The van der Waals surface area contributed by atoms with Gasteiger partial charge in [0.05, 0.1) is 0 Å². The normalized spacial score (nSPS) is 14.8. The van der Waals surface area contributed by atoms with Gasteiger partial charge in [0.15, 0.2) is 0 Å². The number of rotatable bonds is 7. The minimum absolute atomic E-state index is 1.00. The highest BCUT2D eigenvalue weighted by Gasteiger charge is 1.94. The van der Waals surface area contributed by atoms with Crippen LogP contribution < -0.4 is 0 Å². The smallest absolute Gasteiger partial charge is 0.0466 e. The highest BCUT2D eigenvalue weighted by molar-refractivity contribution is 4.44. The van der Waals surface area contributed by atoms with Gasteiger partial charge >= 0.3 is 0 Å². The van der Waals surface area contributed by atoms with Crippen LogP contribution in [0.1, 0.15) is 78.1 Å². The maximum absolute atomic E-state index is 4.94. The second-order valence-electron chi connectivity index (χ2n) is 4.44. The summed E-state index contributed by atoms with van der Waals surface area (Å²) < 4.78 is 4.94. The molecule has 1 fully saturated rings. The fraction of sp³-hybridized carbons (Fsp3) is 1.00. The van der Waals surface area contributed by atoms with Crippen molar-refractivity contribution in [2.24, 2.45) is 0 Å². The molecule has 0 N–H and O–H groups in total. The fourth-order valence-electron chi connectivity index (χ4n) is 1.72. The standard InChI is InChI=1S/C10H22.C4H8O/c1-3-5-7-9-10-8-6-4-2;1-2-4-5-3-1/h3-10H2,1-2H3;1-4H2. The van der Waals surface area contributed by atoms with E-state index < -0.39 is 0 Å². The third-order valence-electron chi connectivity index (χ3n) is 2.78. The van der Waals surface area contributed by atoms with Crippen molar-refractivity contribution in [2.45, 2.75) is 78.1 Å². The number of hydrogen-bond donors (Lipinski definition) is 0. The van der Waals surface area contributed by atoms with Crippen LogP contribution in [0.2, 0.25) is 0 Å². The Kier molecular flexibility index (Phi) is 13.9. The predicted octanol–water partition coefficient (Wildman–Crippen LogP) is 4.94. The van der Waals surface area contributed by atoms with Crippen LogP contribution >= 0.6 is 0 Å². The lowest BCUT2D eigenvalue weighted by atomic mass is 10.1. The van der Waals surface area contributed by atoms with E-state index in [4.69, 9.17) is 4.74 Å². The molecule has 15 heavy (non-hydrogen) atoms. The van der Waals surface area contributed by atoms with Gasteiger partial charge in [-0.15, -0.1) is 0 Å². The van der Waals surface area contributed by atoms with Crippen molar-refractivity contribution < 1.29 is 4.74 Å². The van der Waals surface area contributed by atoms with Crippen molar-refractivity contribution in [2.75, 3.05) is 13.2 Å². The topological polar surface area (TPSA) is 9.23 Å². The average molecular weight is 214 g/mol. The molecule has 1 nitrogen and oxygen atoms in total. The summed E-state index contributed by atoms with van der Waals surface area (Å²) in [7, 11) is 0. The van der Waals surface area contributed by atoms with Crippen molar-refractivity contribution in [3.8, 4) is 0 Å². The predicted molar refractivity (Wildman–Crippen MR) is 68.3 cm³/mol. The first-order valence-electron chi connectivity index (χ1n) is 6.99.